The third-order valence-electron chi connectivity index (χ3n) is 2.90. The van der Waals surface area contributed by atoms with Crippen molar-refractivity contribution in [1.82, 2.24) is 5.32 Å². The van der Waals surface area contributed by atoms with Gasteiger partial charge in [-0.1, -0.05) is 24.6 Å². The first-order valence-electron chi connectivity index (χ1n) is 5.93. The number of hydrogen-bond acceptors (Lipinski definition) is 2. The molecule has 1 aliphatic heterocycles. The maximum Gasteiger partial charge on any atom is 0.225 e. The third-order valence-corrected chi connectivity index (χ3v) is 2.90. The molecule has 0 saturated carbocycles. The Labute approximate surface area is 96.2 Å². The number of carbonyl (C=O) groups excluding carboxylic acids is 1. The Morgan fingerprint density at radius 2 is 2.12 bits per heavy atom. The second-order valence-electron chi connectivity index (χ2n) is 4.27. The highest BCUT2D eigenvalue weighted by molar-refractivity contribution is 5.91. The van der Waals surface area contributed by atoms with Gasteiger partial charge in [0.05, 0.1) is 0 Å². The number of piperidine rings is 1. The fourth-order valence-electron chi connectivity index (χ4n) is 2.06. The molecule has 16 heavy (non-hydrogen) atoms. The Kier molecular flexibility index (Phi) is 3.94. The van der Waals surface area contributed by atoms with Crippen molar-refractivity contribution in [2.24, 2.45) is 0 Å². The molecule has 0 aromatic heterocycles. The maximum atomic E-state index is 11.7. The van der Waals surface area contributed by atoms with Gasteiger partial charge in [0.1, 0.15) is 0 Å². The minimum Gasteiger partial charge on any atom is -0.326 e. The van der Waals surface area contributed by atoms with Gasteiger partial charge in [0, 0.05) is 18.2 Å². The van der Waals surface area contributed by atoms with Crippen molar-refractivity contribution >= 4 is 11.6 Å². The van der Waals surface area contributed by atoms with Crippen molar-refractivity contribution in [3.05, 3.63) is 30.3 Å². The average Bonchev–Trinajstić information content (AvgIpc) is 2.31. The lowest BCUT2D eigenvalue weighted by molar-refractivity contribution is -0.116. The zero-order valence-corrected chi connectivity index (χ0v) is 9.41. The Morgan fingerprint density at radius 3 is 2.81 bits per heavy atom. The van der Waals surface area contributed by atoms with Crippen molar-refractivity contribution in [2.75, 3.05) is 11.9 Å². The van der Waals surface area contributed by atoms with Crippen LogP contribution in [0.5, 0.6) is 0 Å². The number of rotatable bonds is 3. The standard InChI is InChI=1S/C13H18N2O/c16-13(10-12-8-4-5-9-14-12)15-11-6-2-1-3-7-11/h1-3,6-7,12,14H,4-5,8-10H2,(H,15,16)/t12-/m0/s1. The Balaban J connectivity index is 1.80. The van der Waals surface area contributed by atoms with Crippen LogP contribution in [-0.2, 0) is 4.79 Å². The molecule has 1 saturated heterocycles. The monoisotopic (exact) mass is 218 g/mol. The summed E-state index contributed by atoms with van der Waals surface area (Å²) in [5.74, 6) is 0.102. The van der Waals surface area contributed by atoms with Gasteiger partial charge in [-0.2, -0.15) is 0 Å². The summed E-state index contributed by atoms with van der Waals surface area (Å²) in [7, 11) is 0. The third kappa shape index (κ3) is 3.35. The highest BCUT2D eigenvalue weighted by Gasteiger charge is 2.15. The molecule has 86 valence electrons. The van der Waals surface area contributed by atoms with Crippen LogP contribution in [0.1, 0.15) is 25.7 Å². The zero-order valence-electron chi connectivity index (χ0n) is 9.41. The van der Waals surface area contributed by atoms with E-state index in [1.54, 1.807) is 0 Å². The number of hydrogen-bond donors (Lipinski definition) is 2. The van der Waals surface area contributed by atoms with Crippen LogP contribution < -0.4 is 10.6 Å². The number of para-hydroxylation sites is 1. The molecule has 2 rings (SSSR count). The van der Waals surface area contributed by atoms with E-state index >= 15 is 0 Å². The quantitative estimate of drug-likeness (QED) is 0.816. The summed E-state index contributed by atoms with van der Waals surface area (Å²) < 4.78 is 0. The average molecular weight is 218 g/mol. The summed E-state index contributed by atoms with van der Waals surface area (Å²) in [6.07, 6.45) is 4.16. The van der Waals surface area contributed by atoms with Crippen molar-refractivity contribution in [3.63, 3.8) is 0 Å². The minimum absolute atomic E-state index is 0.102. The van der Waals surface area contributed by atoms with Crippen molar-refractivity contribution in [1.29, 1.82) is 0 Å². The first-order valence-corrected chi connectivity index (χ1v) is 5.93. The van der Waals surface area contributed by atoms with Crippen molar-refractivity contribution < 1.29 is 4.79 Å². The molecule has 0 bridgehead atoms. The van der Waals surface area contributed by atoms with E-state index in [0.29, 0.717) is 12.5 Å². The first-order chi connectivity index (χ1) is 7.84. The molecule has 0 aliphatic carbocycles. The fraction of sp³-hybridized carbons (Fsp3) is 0.462. The lowest BCUT2D eigenvalue weighted by Gasteiger charge is -2.22. The van der Waals surface area contributed by atoms with E-state index in [9.17, 15) is 4.79 Å². The van der Waals surface area contributed by atoms with Crippen LogP contribution in [0.3, 0.4) is 0 Å². The summed E-state index contributed by atoms with van der Waals surface area (Å²) >= 11 is 0. The normalized spacial score (nSPS) is 20.4. The molecule has 1 aromatic rings. The summed E-state index contributed by atoms with van der Waals surface area (Å²) in [6.45, 7) is 1.04. The second kappa shape index (κ2) is 5.66. The molecule has 1 atom stereocenters. The van der Waals surface area contributed by atoms with Gasteiger partial charge in [-0.25, -0.2) is 0 Å². The maximum absolute atomic E-state index is 11.7. The van der Waals surface area contributed by atoms with E-state index in [1.807, 2.05) is 30.3 Å². The van der Waals surface area contributed by atoms with Crippen LogP contribution >= 0.6 is 0 Å². The molecular formula is C13H18N2O. The smallest absolute Gasteiger partial charge is 0.225 e. The summed E-state index contributed by atoms with van der Waals surface area (Å²) in [5.41, 5.74) is 0.878. The molecule has 1 heterocycles. The molecule has 3 nitrogen and oxygen atoms in total. The number of nitrogens with one attached hydrogen (secondary N) is 2. The van der Waals surface area contributed by atoms with E-state index in [1.165, 1.54) is 12.8 Å². The molecule has 0 radical (unpaired) electrons. The van der Waals surface area contributed by atoms with Crippen LogP contribution in [-0.4, -0.2) is 18.5 Å². The fourth-order valence-corrected chi connectivity index (χ4v) is 2.06. The van der Waals surface area contributed by atoms with Crippen LogP contribution in [0.25, 0.3) is 0 Å². The highest BCUT2D eigenvalue weighted by Crippen LogP contribution is 2.12. The first kappa shape index (κ1) is 11.1. The Bertz CT molecular complexity index is 331. The Hall–Kier alpha value is -1.35. The Morgan fingerprint density at radius 1 is 1.31 bits per heavy atom. The number of benzene rings is 1. The van der Waals surface area contributed by atoms with Gasteiger partial charge in [-0.3, -0.25) is 4.79 Å². The molecule has 1 aromatic carbocycles. The number of anilines is 1. The summed E-state index contributed by atoms with van der Waals surface area (Å²) in [5, 5.41) is 6.29. The van der Waals surface area contributed by atoms with Crippen LogP contribution in [0.4, 0.5) is 5.69 Å². The van der Waals surface area contributed by atoms with Gasteiger partial charge in [0.15, 0.2) is 0 Å². The van der Waals surface area contributed by atoms with Crippen LogP contribution in [0.15, 0.2) is 30.3 Å². The number of carbonyl (C=O) groups is 1. The molecule has 0 spiro atoms. The predicted molar refractivity (Wildman–Crippen MR) is 65.3 cm³/mol. The van der Waals surface area contributed by atoms with Crippen molar-refractivity contribution in [3.8, 4) is 0 Å². The molecule has 1 fully saturated rings. The van der Waals surface area contributed by atoms with E-state index in [0.717, 1.165) is 18.7 Å². The highest BCUT2D eigenvalue weighted by atomic mass is 16.1. The van der Waals surface area contributed by atoms with Crippen molar-refractivity contribution in [2.45, 2.75) is 31.7 Å². The summed E-state index contributed by atoms with van der Waals surface area (Å²) in [4.78, 5) is 11.7. The predicted octanol–water partition coefficient (Wildman–Crippen LogP) is 2.16. The van der Waals surface area contributed by atoms with Gasteiger partial charge >= 0.3 is 0 Å². The zero-order chi connectivity index (χ0) is 11.2. The van der Waals surface area contributed by atoms with Gasteiger partial charge in [0.25, 0.3) is 0 Å². The second-order valence-corrected chi connectivity index (χ2v) is 4.27. The van der Waals surface area contributed by atoms with Crippen LogP contribution in [0.2, 0.25) is 0 Å². The molecule has 3 heteroatoms. The molecular weight excluding hydrogens is 200 g/mol. The topological polar surface area (TPSA) is 41.1 Å². The largest absolute Gasteiger partial charge is 0.326 e. The van der Waals surface area contributed by atoms with Gasteiger partial charge in [0.2, 0.25) is 5.91 Å². The molecule has 0 unspecified atom stereocenters. The van der Waals surface area contributed by atoms with Gasteiger partial charge in [-0.05, 0) is 31.5 Å². The van der Waals surface area contributed by atoms with E-state index < -0.39 is 0 Å². The summed E-state index contributed by atoms with van der Waals surface area (Å²) in [6, 6.07) is 9.97. The van der Waals surface area contributed by atoms with E-state index in [-0.39, 0.29) is 5.91 Å². The van der Waals surface area contributed by atoms with Gasteiger partial charge in [-0.15, -0.1) is 0 Å². The van der Waals surface area contributed by atoms with E-state index in [2.05, 4.69) is 10.6 Å². The molecule has 1 amide bonds. The van der Waals surface area contributed by atoms with Gasteiger partial charge < -0.3 is 10.6 Å². The lowest BCUT2D eigenvalue weighted by atomic mass is 10.0. The lowest BCUT2D eigenvalue weighted by Crippen LogP contribution is -2.36. The van der Waals surface area contributed by atoms with Crippen LogP contribution in [0, 0.1) is 0 Å². The minimum atomic E-state index is 0.102. The SMILES string of the molecule is O=C(C[C@@H]1CCCCN1)Nc1ccccc1. The van der Waals surface area contributed by atoms with E-state index in [4.69, 9.17) is 0 Å². The number of amides is 1. The molecule has 1 aliphatic rings. The molecule has 2 N–H and O–H groups in total.